The maximum absolute atomic E-state index is 5.76. The van der Waals surface area contributed by atoms with Crippen molar-refractivity contribution >= 4 is 17.5 Å². The van der Waals surface area contributed by atoms with Crippen molar-refractivity contribution in [3.05, 3.63) is 18.1 Å². The Hall–Kier alpha value is -1.78. The van der Waals surface area contributed by atoms with E-state index in [0.717, 1.165) is 23.6 Å². The Kier molecular flexibility index (Phi) is 2.68. The molecule has 1 aromatic rings. The van der Waals surface area contributed by atoms with Gasteiger partial charge in [-0.05, 0) is 20.3 Å². The number of hydrogen-bond acceptors (Lipinski definition) is 4. The fourth-order valence-corrected chi connectivity index (χ4v) is 1.72. The van der Waals surface area contributed by atoms with Crippen LogP contribution in [-0.4, -0.2) is 15.5 Å². The number of nitrogens with two attached hydrogens (primary N) is 1. The first-order valence-electron chi connectivity index (χ1n) is 5.52. The standard InChI is InChI=1S/C11H17N5/c1-4-5-8-9-10(15-11(12)14-8)16(6-13-9)7(2)3/h5-7H,4H2,1-3H3,(H3,12,14,15)/b8-5+. The molecule has 1 aliphatic heterocycles. The summed E-state index contributed by atoms with van der Waals surface area (Å²) in [6.07, 6.45) is 4.81. The van der Waals surface area contributed by atoms with Crippen molar-refractivity contribution in [1.82, 2.24) is 14.9 Å². The molecule has 5 heteroatoms. The highest BCUT2D eigenvalue weighted by Gasteiger charge is 2.20. The van der Waals surface area contributed by atoms with E-state index in [-0.39, 0.29) is 0 Å². The van der Waals surface area contributed by atoms with Crippen LogP contribution in [0, 0.1) is 0 Å². The first kappa shape index (κ1) is 10.7. The number of aromatic nitrogens is 2. The van der Waals surface area contributed by atoms with E-state index in [1.165, 1.54) is 0 Å². The number of hydrogen-bond donors (Lipinski definition) is 2. The van der Waals surface area contributed by atoms with E-state index in [2.05, 4.69) is 42.1 Å². The Labute approximate surface area is 95.1 Å². The highest BCUT2D eigenvalue weighted by Crippen LogP contribution is 2.29. The van der Waals surface area contributed by atoms with Crippen LogP contribution in [0.1, 0.15) is 38.9 Å². The first-order valence-corrected chi connectivity index (χ1v) is 5.52. The molecule has 1 aromatic heterocycles. The first-order chi connectivity index (χ1) is 7.63. The Morgan fingerprint density at radius 3 is 2.94 bits per heavy atom. The summed E-state index contributed by atoms with van der Waals surface area (Å²) in [4.78, 5) is 8.68. The van der Waals surface area contributed by atoms with E-state index in [9.17, 15) is 0 Å². The third-order valence-corrected chi connectivity index (χ3v) is 2.48. The Balaban J connectivity index is 2.54. The Morgan fingerprint density at radius 1 is 1.56 bits per heavy atom. The molecular formula is C11H17N5. The van der Waals surface area contributed by atoms with Gasteiger partial charge >= 0.3 is 0 Å². The van der Waals surface area contributed by atoms with Crippen molar-refractivity contribution in [3.63, 3.8) is 0 Å². The van der Waals surface area contributed by atoms with Gasteiger partial charge < -0.3 is 15.6 Å². The van der Waals surface area contributed by atoms with Gasteiger partial charge in [0.15, 0.2) is 11.8 Å². The van der Waals surface area contributed by atoms with E-state index in [0.29, 0.717) is 12.0 Å². The number of nitrogens with zero attached hydrogens (tertiary/aromatic N) is 3. The number of rotatable bonds is 2. The van der Waals surface area contributed by atoms with Gasteiger partial charge in [0.2, 0.25) is 0 Å². The van der Waals surface area contributed by atoms with Gasteiger partial charge in [-0.1, -0.05) is 13.0 Å². The molecular weight excluding hydrogens is 202 g/mol. The fraction of sp³-hybridized carbons (Fsp3) is 0.455. The number of fused-ring (bicyclic) bond motifs is 1. The number of allylic oxidation sites excluding steroid dienone is 1. The largest absolute Gasteiger partial charge is 0.369 e. The molecule has 0 spiro atoms. The van der Waals surface area contributed by atoms with Crippen LogP contribution in [0.2, 0.25) is 0 Å². The van der Waals surface area contributed by atoms with Gasteiger partial charge in [0, 0.05) is 6.04 Å². The minimum absolute atomic E-state index is 0.328. The van der Waals surface area contributed by atoms with Crippen LogP contribution in [0.5, 0.6) is 0 Å². The maximum atomic E-state index is 5.76. The topological polar surface area (TPSA) is 68.2 Å². The zero-order valence-corrected chi connectivity index (χ0v) is 9.86. The van der Waals surface area contributed by atoms with Gasteiger partial charge in [0.1, 0.15) is 5.69 Å². The zero-order chi connectivity index (χ0) is 11.7. The van der Waals surface area contributed by atoms with Crippen molar-refractivity contribution < 1.29 is 0 Å². The van der Waals surface area contributed by atoms with Crippen LogP contribution in [-0.2, 0) is 0 Å². The number of aliphatic imine (C=N–C) groups is 1. The molecule has 2 heterocycles. The SMILES string of the molecule is CC/C=C1/NC(N)=Nc2c1ncn2C(C)C. The molecule has 0 saturated heterocycles. The minimum Gasteiger partial charge on any atom is -0.369 e. The molecule has 0 unspecified atom stereocenters. The van der Waals surface area contributed by atoms with Gasteiger partial charge in [0.25, 0.3) is 0 Å². The van der Waals surface area contributed by atoms with Gasteiger partial charge in [-0.25, -0.2) is 4.98 Å². The molecule has 0 atom stereocenters. The van der Waals surface area contributed by atoms with Gasteiger partial charge in [-0.15, -0.1) is 0 Å². The quantitative estimate of drug-likeness (QED) is 0.796. The molecule has 1 aliphatic rings. The molecule has 0 aliphatic carbocycles. The predicted molar refractivity (Wildman–Crippen MR) is 65.3 cm³/mol. The molecule has 16 heavy (non-hydrogen) atoms. The third kappa shape index (κ3) is 1.68. The number of nitrogens with one attached hydrogen (secondary N) is 1. The second kappa shape index (κ2) is 4.00. The molecule has 86 valence electrons. The molecule has 2 rings (SSSR count). The molecule has 0 saturated carbocycles. The summed E-state index contributed by atoms with van der Waals surface area (Å²) in [5.41, 5.74) is 7.58. The third-order valence-electron chi connectivity index (χ3n) is 2.48. The second-order valence-electron chi connectivity index (χ2n) is 4.07. The summed E-state index contributed by atoms with van der Waals surface area (Å²) in [6, 6.07) is 0.328. The average molecular weight is 219 g/mol. The summed E-state index contributed by atoms with van der Waals surface area (Å²) >= 11 is 0. The van der Waals surface area contributed by atoms with Crippen LogP contribution in [0.4, 0.5) is 5.82 Å². The highest BCUT2D eigenvalue weighted by atomic mass is 15.2. The molecule has 0 aromatic carbocycles. The monoisotopic (exact) mass is 219 g/mol. The fourth-order valence-electron chi connectivity index (χ4n) is 1.72. The summed E-state index contributed by atoms with van der Waals surface area (Å²) in [7, 11) is 0. The number of imidazole rings is 1. The zero-order valence-electron chi connectivity index (χ0n) is 9.86. The van der Waals surface area contributed by atoms with E-state index >= 15 is 0 Å². The van der Waals surface area contributed by atoms with Crippen LogP contribution in [0.3, 0.4) is 0 Å². The van der Waals surface area contributed by atoms with Gasteiger partial charge in [-0.3, -0.25) is 0 Å². The van der Waals surface area contributed by atoms with Gasteiger partial charge in [0.05, 0.1) is 12.0 Å². The molecule has 0 amide bonds. The molecule has 5 nitrogen and oxygen atoms in total. The van der Waals surface area contributed by atoms with E-state index in [4.69, 9.17) is 5.73 Å². The molecule has 0 fully saturated rings. The number of guanidine groups is 1. The molecule has 0 bridgehead atoms. The highest BCUT2D eigenvalue weighted by molar-refractivity contribution is 5.94. The maximum Gasteiger partial charge on any atom is 0.199 e. The minimum atomic E-state index is 0.328. The van der Waals surface area contributed by atoms with Crippen LogP contribution < -0.4 is 11.1 Å². The second-order valence-corrected chi connectivity index (χ2v) is 4.07. The van der Waals surface area contributed by atoms with Crippen molar-refractivity contribution in [2.75, 3.05) is 0 Å². The summed E-state index contributed by atoms with van der Waals surface area (Å²) in [6.45, 7) is 6.27. The lowest BCUT2D eigenvalue weighted by Crippen LogP contribution is -2.32. The molecule has 0 radical (unpaired) electrons. The van der Waals surface area contributed by atoms with E-state index in [1.807, 2.05) is 10.9 Å². The lowest BCUT2D eigenvalue weighted by molar-refractivity contribution is 0.603. The van der Waals surface area contributed by atoms with Gasteiger partial charge in [-0.2, -0.15) is 4.99 Å². The van der Waals surface area contributed by atoms with Crippen molar-refractivity contribution in [1.29, 1.82) is 0 Å². The predicted octanol–water partition coefficient (Wildman–Crippen LogP) is 1.76. The lowest BCUT2D eigenvalue weighted by atomic mass is 10.2. The summed E-state index contributed by atoms with van der Waals surface area (Å²) in [5, 5.41) is 3.04. The summed E-state index contributed by atoms with van der Waals surface area (Å²) in [5.74, 6) is 1.26. The summed E-state index contributed by atoms with van der Waals surface area (Å²) < 4.78 is 2.02. The Bertz CT molecular complexity index is 453. The van der Waals surface area contributed by atoms with E-state index < -0.39 is 0 Å². The normalized spacial score (nSPS) is 17.2. The van der Waals surface area contributed by atoms with Crippen molar-refractivity contribution in [3.8, 4) is 0 Å². The lowest BCUT2D eigenvalue weighted by Gasteiger charge is -2.17. The van der Waals surface area contributed by atoms with Crippen molar-refractivity contribution in [2.45, 2.75) is 33.2 Å². The smallest absolute Gasteiger partial charge is 0.199 e. The van der Waals surface area contributed by atoms with Crippen LogP contribution in [0.15, 0.2) is 17.4 Å². The molecule has 3 N–H and O–H groups in total. The average Bonchev–Trinajstić information content (AvgIpc) is 2.61. The van der Waals surface area contributed by atoms with E-state index in [1.54, 1.807) is 0 Å². The Morgan fingerprint density at radius 2 is 2.31 bits per heavy atom. The van der Waals surface area contributed by atoms with Crippen molar-refractivity contribution in [2.24, 2.45) is 10.7 Å². The van der Waals surface area contributed by atoms with Crippen LogP contribution in [0.25, 0.3) is 5.70 Å². The van der Waals surface area contributed by atoms with Crippen LogP contribution >= 0.6 is 0 Å².